The van der Waals surface area contributed by atoms with Crippen LogP contribution in [0.3, 0.4) is 0 Å². The van der Waals surface area contributed by atoms with Crippen molar-refractivity contribution in [1.82, 2.24) is 0 Å². The van der Waals surface area contributed by atoms with Crippen molar-refractivity contribution < 1.29 is 19.4 Å². The zero-order valence-corrected chi connectivity index (χ0v) is 13.8. The number of carbonyl (C=O) groups is 1. The number of aliphatic hydroxyl groups is 1. The quantitative estimate of drug-likeness (QED) is 0.408. The van der Waals surface area contributed by atoms with Crippen LogP contribution in [0.25, 0.3) is 0 Å². The molecule has 0 spiro atoms. The van der Waals surface area contributed by atoms with E-state index in [9.17, 15) is 9.90 Å². The SMILES string of the molecule is CC(C)(O)C(=O)c1ccc(OCCOc2ccc(N)cc2N)cc1. The fraction of sp³-hybridized carbons (Fsp3) is 0.278. The predicted octanol–water partition coefficient (Wildman–Crippen LogP) is 2.26. The number of hydrogen-bond donors (Lipinski definition) is 3. The Labute approximate surface area is 141 Å². The lowest BCUT2D eigenvalue weighted by Crippen LogP contribution is -2.30. The van der Waals surface area contributed by atoms with E-state index in [1.165, 1.54) is 13.8 Å². The molecule has 0 saturated heterocycles. The molecule has 2 rings (SSSR count). The maximum absolute atomic E-state index is 11.9. The van der Waals surface area contributed by atoms with Crippen molar-refractivity contribution in [2.45, 2.75) is 19.4 Å². The number of ether oxygens (including phenoxy) is 2. The molecule has 5 N–H and O–H groups in total. The summed E-state index contributed by atoms with van der Waals surface area (Å²) >= 11 is 0. The summed E-state index contributed by atoms with van der Waals surface area (Å²) in [7, 11) is 0. The molecule has 0 bridgehead atoms. The minimum Gasteiger partial charge on any atom is -0.490 e. The summed E-state index contributed by atoms with van der Waals surface area (Å²) < 4.78 is 11.1. The summed E-state index contributed by atoms with van der Waals surface area (Å²) in [4.78, 5) is 11.9. The summed E-state index contributed by atoms with van der Waals surface area (Å²) in [6.45, 7) is 3.56. The topological polar surface area (TPSA) is 108 Å². The van der Waals surface area contributed by atoms with Crippen LogP contribution in [-0.4, -0.2) is 29.7 Å². The normalized spacial score (nSPS) is 11.1. The Bertz CT molecular complexity index is 706. The number of anilines is 2. The zero-order chi connectivity index (χ0) is 17.7. The van der Waals surface area contributed by atoms with E-state index in [0.717, 1.165) is 0 Å². The minimum atomic E-state index is -1.39. The average Bonchev–Trinajstić information content (AvgIpc) is 2.52. The molecule has 0 atom stereocenters. The molecule has 6 nitrogen and oxygen atoms in total. The molecule has 0 radical (unpaired) electrons. The van der Waals surface area contributed by atoms with Gasteiger partial charge in [-0.2, -0.15) is 0 Å². The molecule has 0 heterocycles. The van der Waals surface area contributed by atoms with Crippen molar-refractivity contribution in [3.63, 3.8) is 0 Å². The second-order valence-corrected chi connectivity index (χ2v) is 5.91. The van der Waals surface area contributed by atoms with Gasteiger partial charge >= 0.3 is 0 Å². The monoisotopic (exact) mass is 330 g/mol. The molecule has 2 aromatic rings. The van der Waals surface area contributed by atoms with Crippen molar-refractivity contribution >= 4 is 17.2 Å². The van der Waals surface area contributed by atoms with Gasteiger partial charge in [0.05, 0.1) is 5.69 Å². The van der Waals surface area contributed by atoms with Crippen LogP contribution in [-0.2, 0) is 0 Å². The molecule has 2 aromatic carbocycles. The Morgan fingerprint density at radius 1 is 1.04 bits per heavy atom. The van der Waals surface area contributed by atoms with Gasteiger partial charge < -0.3 is 26.0 Å². The highest BCUT2D eigenvalue weighted by atomic mass is 16.5. The fourth-order valence-corrected chi connectivity index (χ4v) is 2.07. The number of carbonyl (C=O) groups excluding carboxylic acids is 1. The highest BCUT2D eigenvalue weighted by molar-refractivity contribution is 6.01. The molecule has 24 heavy (non-hydrogen) atoms. The highest BCUT2D eigenvalue weighted by Crippen LogP contribution is 2.23. The van der Waals surface area contributed by atoms with E-state index in [0.29, 0.717) is 41.7 Å². The molecular weight excluding hydrogens is 308 g/mol. The van der Waals surface area contributed by atoms with Gasteiger partial charge in [-0.3, -0.25) is 4.79 Å². The number of Topliss-reactive ketones (excluding diaryl/α,β-unsaturated/α-hetero) is 1. The van der Waals surface area contributed by atoms with Gasteiger partial charge in [-0.1, -0.05) is 0 Å². The number of nitrogens with two attached hydrogens (primary N) is 2. The fourth-order valence-electron chi connectivity index (χ4n) is 2.07. The Kier molecular flexibility index (Phi) is 5.31. The number of benzene rings is 2. The van der Waals surface area contributed by atoms with Gasteiger partial charge in [0.15, 0.2) is 5.78 Å². The zero-order valence-electron chi connectivity index (χ0n) is 13.8. The third-order valence-corrected chi connectivity index (χ3v) is 3.32. The number of nitrogen functional groups attached to an aromatic ring is 2. The molecule has 6 heteroatoms. The summed E-state index contributed by atoms with van der Waals surface area (Å²) in [5.41, 5.74) is 11.5. The molecule has 0 unspecified atom stereocenters. The summed E-state index contributed by atoms with van der Waals surface area (Å²) in [5.74, 6) is 0.825. The molecular formula is C18H22N2O4. The molecule has 128 valence electrons. The number of hydrogen-bond acceptors (Lipinski definition) is 6. The lowest BCUT2D eigenvalue weighted by atomic mass is 9.97. The van der Waals surface area contributed by atoms with Gasteiger partial charge in [-0.15, -0.1) is 0 Å². The van der Waals surface area contributed by atoms with Gasteiger partial charge in [0.2, 0.25) is 0 Å². The minimum absolute atomic E-state index is 0.318. The smallest absolute Gasteiger partial charge is 0.193 e. The van der Waals surface area contributed by atoms with Crippen molar-refractivity contribution in [1.29, 1.82) is 0 Å². The Morgan fingerprint density at radius 3 is 2.25 bits per heavy atom. The molecule has 0 aliphatic carbocycles. The Balaban J connectivity index is 1.83. The van der Waals surface area contributed by atoms with Crippen LogP contribution in [0.4, 0.5) is 11.4 Å². The molecule has 0 aliphatic rings. The first kappa shape index (κ1) is 17.6. The Hall–Kier alpha value is -2.73. The van der Waals surface area contributed by atoms with Gasteiger partial charge in [0.25, 0.3) is 0 Å². The van der Waals surface area contributed by atoms with Gasteiger partial charge in [-0.25, -0.2) is 0 Å². The van der Waals surface area contributed by atoms with Gasteiger partial charge in [0, 0.05) is 11.3 Å². The highest BCUT2D eigenvalue weighted by Gasteiger charge is 2.24. The van der Waals surface area contributed by atoms with E-state index < -0.39 is 5.60 Å². The first-order valence-electron chi connectivity index (χ1n) is 7.55. The number of rotatable bonds is 7. The van der Waals surface area contributed by atoms with Crippen LogP contribution in [0, 0.1) is 0 Å². The number of ketones is 1. The third-order valence-electron chi connectivity index (χ3n) is 3.32. The third kappa shape index (κ3) is 4.63. The van der Waals surface area contributed by atoms with E-state index in [-0.39, 0.29) is 5.78 Å². The van der Waals surface area contributed by atoms with E-state index >= 15 is 0 Å². The van der Waals surface area contributed by atoms with Crippen LogP contribution in [0.15, 0.2) is 42.5 Å². The van der Waals surface area contributed by atoms with Crippen LogP contribution >= 0.6 is 0 Å². The Morgan fingerprint density at radius 2 is 1.67 bits per heavy atom. The maximum atomic E-state index is 11.9. The van der Waals surface area contributed by atoms with E-state index in [4.69, 9.17) is 20.9 Å². The molecule has 0 saturated carbocycles. The van der Waals surface area contributed by atoms with Crippen molar-refractivity contribution in [2.24, 2.45) is 0 Å². The van der Waals surface area contributed by atoms with Crippen molar-refractivity contribution in [3.8, 4) is 11.5 Å². The van der Waals surface area contributed by atoms with Crippen molar-refractivity contribution in [2.75, 3.05) is 24.7 Å². The van der Waals surface area contributed by atoms with E-state index in [2.05, 4.69) is 0 Å². The molecule has 0 fully saturated rings. The predicted molar refractivity (Wildman–Crippen MR) is 93.3 cm³/mol. The van der Waals surface area contributed by atoms with Crippen LogP contribution in [0.5, 0.6) is 11.5 Å². The van der Waals surface area contributed by atoms with Gasteiger partial charge in [0.1, 0.15) is 30.3 Å². The van der Waals surface area contributed by atoms with Crippen LogP contribution < -0.4 is 20.9 Å². The van der Waals surface area contributed by atoms with Crippen molar-refractivity contribution in [3.05, 3.63) is 48.0 Å². The largest absolute Gasteiger partial charge is 0.490 e. The average molecular weight is 330 g/mol. The standard InChI is InChI=1S/C18H22N2O4/c1-18(2,22)17(21)12-3-6-14(7-4-12)23-9-10-24-16-8-5-13(19)11-15(16)20/h3-8,11,22H,9-10,19-20H2,1-2H3. The first-order chi connectivity index (χ1) is 11.3. The summed E-state index contributed by atoms with van der Waals surface area (Å²) in [5, 5.41) is 9.71. The van der Waals surface area contributed by atoms with E-state index in [1.807, 2.05) is 0 Å². The maximum Gasteiger partial charge on any atom is 0.193 e. The van der Waals surface area contributed by atoms with E-state index in [1.54, 1.807) is 42.5 Å². The first-order valence-corrected chi connectivity index (χ1v) is 7.55. The molecule has 0 amide bonds. The second-order valence-electron chi connectivity index (χ2n) is 5.91. The lowest BCUT2D eigenvalue weighted by molar-refractivity contribution is 0.0488. The summed E-state index contributed by atoms with van der Waals surface area (Å²) in [6, 6.07) is 11.7. The van der Waals surface area contributed by atoms with Crippen LogP contribution in [0.1, 0.15) is 24.2 Å². The van der Waals surface area contributed by atoms with Gasteiger partial charge in [-0.05, 0) is 56.3 Å². The molecule has 0 aromatic heterocycles. The second kappa shape index (κ2) is 7.23. The molecule has 0 aliphatic heterocycles. The van der Waals surface area contributed by atoms with Crippen LogP contribution in [0.2, 0.25) is 0 Å². The lowest BCUT2D eigenvalue weighted by Gasteiger charge is -2.15. The summed E-state index contributed by atoms with van der Waals surface area (Å²) in [6.07, 6.45) is 0.